The number of alkyl halides is 3. The van der Waals surface area contributed by atoms with E-state index in [4.69, 9.17) is 9.47 Å². The van der Waals surface area contributed by atoms with E-state index in [1.807, 2.05) is 11.9 Å². The van der Waals surface area contributed by atoms with E-state index < -0.39 is 35.1 Å². The Morgan fingerprint density at radius 3 is 2.16 bits per heavy atom. The molecule has 2 aliphatic rings. The molecule has 0 unspecified atom stereocenters. The van der Waals surface area contributed by atoms with Gasteiger partial charge in [-0.2, -0.15) is 13.2 Å². The Morgan fingerprint density at radius 2 is 1.62 bits per heavy atom. The molecule has 1 spiro atoms. The SMILES string of the molecule is COc1cc(OC)cc([C@@H]2CN(C)C[C@]23NC(=O)N(c2ccc(C(F)(F)F)cc2)C3=O)c1. The van der Waals surface area contributed by atoms with Crippen molar-refractivity contribution in [3.8, 4) is 11.5 Å². The topological polar surface area (TPSA) is 71.1 Å². The van der Waals surface area contributed by atoms with Crippen molar-refractivity contribution in [3.05, 3.63) is 53.6 Å². The number of carbonyl (C=O) groups excluding carboxylic acids is 2. The second-order valence-corrected chi connectivity index (χ2v) is 7.98. The standard InChI is InChI=1S/C22H22F3N3O4/c1-27-11-18(13-8-16(31-2)10-17(9-13)32-3)21(12-27)19(29)28(20(30)26-21)15-6-4-14(5-7-15)22(23,24)25/h4-10,18H,11-12H2,1-3H3,(H,26,30)/t18-,21-/m0/s1. The van der Waals surface area contributed by atoms with Gasteiger partial charge in [-0.1, -0.05) is 0 Å². The largest absolute Gasteiger partial charge is 0.497 e. The third kappa shape index (κ3) is 3.54. The van der Waals surface area contributed by atoms with E-state index in [2.05, 4.69) is 5.32 Å². The highest BCUT2D eigenvalue weighted by Crippen LogP contribution is 2.43. The molecular formula is C22H22F3N3O4. The van der Waals surface area contributed by atoms with Crippen LogP contribution in [-0.2, 0) is 11.0 Å². The highest BCUT2D eigenvalue weighted by atomic mass is 19.4. The van der Waals surface area contributed by atoms with Crippen LogP contribution in [0.3, 0.4) is 0 Å². The first kappa shape index (κ1) is 21.9. The summed E-state index contributed by atoms with van der Waals surface area (Å²) < 4.78 is 49.4. The zero-order valence-corrected chi connectivity index (χ0v) is 17.7. The Bertz CT molecular complexity index is 1040. The first-order valence-corrected chi connectivity index (χ1v) is 9.84. The third-order valence-corrected chi connectivity index (χ3v) is 5.96. The third-order valence-electron chi connectivity index (χ3n) is 5.96. The number of nitrogens with one attached hydrogen (secondary N) is 1. The summed E-state index contributed by atoms with van der Waals surface area (Å²) in [4.78, 5) is 29.3. The smallest absolute Gasteiger partial charge is 0.416 e. The Morgan fingerprint density at radius 1 is 1.03 bits per heavy atom. The highest BCUT2D eigenvalue weighted by Gasteiger charge is 2.60. The lowest BCUT2D eigenvalue weighted by atomic mass is 9.81. The number of halogens is 3. The Labute approximate surface area is 182 Å². The lowest BCUT2D eigenvalue weighted by molar-refractivity contribution is -0.137. The fourth-order valence-electron chi connectivity index (χ4n) is 4.46. The van der Waals surface area contributed by atoms with Crippen LogP contribution in [0.1, 0.15) is 17.0 Å². The fraction of sp³-hybridized carbons (Fsp3) is 0.364. The van der Waals surface area contributed by atoms with Crippen LogP contribution in [0.25, 0.3) is 0 Å². The van der Waals surface area contributed by atoms with Crippen molar-refractivity contribution in [2.75, 3.05) is 39.3 Å². The van der Waals surface area contributed by atoms with Crippen molar-refractivity contribution in [1.82, 2.24) is 10.2 Å². The van der Waals surface area contributed by atoms with Crippen molar-refractivity contribution >= 4 is 17.6 Å². The van der Waals surface area contributed by atoms with Gasteiger partial charge in [0.1, 0.15) is 17.0 Å². The number of amides is 3. The monoisotopic (exact) mass is 449 g/mol. The molecule has 4 rings (SSSR count). The van der Waals surface area contributed by atoms with Gasteiger partial charge in [0.15, 0.2) is 0 Å². The molecule has 0 radical (unpaired) electrons. The molecule has 2 atom stereocenters. The molecule has 2 heterocycles. The maximum Gasteiger partial charge on any atom is 0.416 e. The van der Waals surface area contributed by atoms with E-state index in [1.54, 1.807) is 18.2 Å². The first-order chi connectivity index (χ1) is 15.1. The number of anilines is 1. The number of likely N-dealkylation sites (N-methyl/N-ethyl adjacent to an activating group) is 1. The zero-order chi connectivity index (χ0) is 23.3. The summed E-state index contributed by atoms with van der Waals surface area (Å²) in [6.07, 6.45) is -4.51. The molecule has 0 aliphatic carbocycles. The van der Waals surface area contributed by atoms with Crippen LogP contribution in [0, 0.1) is 0 Å². The average molecular weight is 449 g/mol. The summed E-state index contributed by atoms with van der Waals surface area (Å²) in [6, 6.07) is 8.56. The lowest BCUT2D eigenvalue weighted by Gasteiger charge is -2.28. The summed E-state index contributed by atoms with van der Waals surface area (Å²) in [5.41, 5.74) is -1.31. The van der Waals surface area contributed by atoms with Crippen LogP contribution in [0.5, 0.6) is 11.5 Å². The zero-order valence-electron chi connectivity index (χ0n) is 17.7. The van der Waals surface area contributed by atoms with Gasteiger partial charge in [0.2, 0.25) is 0 Å². The second-order valence-electron chi connectivity index (χ2n) is 7.98. The molecule has 2 fully saturated rings. The Balaban J connectivity index is 1.73. The van der Waals surface area contributed by atoms with Crippen LogP contribution < -0.4 is 19.7 Å². The van der Waals surface area contributed by atoms with Gasteiger partial charge in [0, 0.05) is 25.1 Å². The molecular weight excluding hydrogens is 427 g/mol. The van der Waals surface area contributed by atoms with Crippen molar-refractivity contribution in [2.45, 2.75) is 17.6 Å². The van der Waals surface area contributed by atoms with E-state index in [0.717, 1.165) is 34.7 Å². The Kier molecular flexibility index (Phi) is 5.28. The van der Waals surface area contributed by atoms with Crippen LogP contribution in [-0.4, -0.2) is 56.7 Å². The minimum absolute atomic E-state index is 0.0777. The summed E-state index contributed by atoms with van der Waals surface area (Å²) >= 11 is 0. The van der Waals surface area contributed by atoms with Crippen LogP contribution >= 0.6 is 0 Å². The summed E-state index contributed by atoms with van der Waals surface area (Å²) in [5, 5.41) is 2.82. The van der Waals surface area contributed by atoms with Gasteiger partial charge in [-0.25, -0.2) is 9.69 Å². The molecule has 10 heteroatoms. The van der Waals surface area contributed by atoms with Gasteiger partial charge in [-0.05, 0) is 49.0 Å². The number of benzene rings is 2. The number of carbonyl (C=O) groups is 2. The van der Waals surface area contributed by atoms with Gasteiger partial charge in [-0.3, -0.25) is 4.79 Å². The number of methoxy groups -OCH3 is 2. The van der Waals surface area contributed by atoms with Crippen LogP contribution in [0.15, 0.2) is 42.5 Å². The van der Waals surface area contributed by atoms with Crippen molar-refractivity contribution in [2.24, 2.45) is 0 Å². The van der Waals surface area contributed by atoms with Gasteiger partial charge in [0.25, 0.3) is 5.91 Å². The van der Waals surface area contributed by atoms with Gasteiger partial charge >= 0.3 is 12.2 Å². The number of rotatable bonds is 4. The van der Waals surface area contributed by atoms with Gasteiger partial charge < -0.3 is 19.7 Å². The molecule has 2 aromatic carbocycles. The second kappa shape index (κ2) is 7.70. The Hall–Kier alpha value is -3.27. The van der Waals surface area contributed by atoms with E-state index in [9.17, 15) is 22.8 Å². The van der Waals surface area contributed by atoms with Gasteiger partial charge in [-0.15, -0.1) is 0 Å². The maximum absolute atomic E-state index is 13.6. The molecule has 2 aliphatic heterocycles. The predicted octanol–water partition coefficient (Wildman–Crippen LogP) is 3.25. The minimum atomic E-state index is -4.51. The minimum Gasteiger partial charge on any atom is -0.497 e. The number of imide groups is 1. The molecule has 0 saturated carbocycles. The van der Waals surface area contributed by atoms with Gasteiger partial charge in [0.05, 0.1) is 25.5 Å². The molecule has 1 N–H and O–H groups in total. The van der Waals surface area contributed by atoms with E-state index in [-0.39, 0.29) is 12.2 Å². The van der Waals surface area contributed by atoms with Crippen molar-refractivity contribution in [1.29, 1.82) is 0 Å². The first-order valence-electron chi connectivity index (χ1n) is 9.84. The summed E-state index contributed by atoms with van der Waals surface area (Å²) in [7, 11) is 4.87. The molecule has 0 aromatic heterocycles. The number of ether oxygens (including phenoxy) is 2. The molecule has 0 bridgehead atoms. The summed E-state index contributed by atoms with van der Waals surface area (Å²) in [5.74, 6) is 0.145. The number of urea groups is 1. The van der Waals surface area contributed by atoms with E-state index >= 15 is 0 Å². The number of likely N-dealkylation sites (tertiary alicyclic amines) is 1. The average Bonchev–Trinajstić information content (AvgIpc) is 3.22. The van der Waals surface area contributed by atoms with E-state index in [0.29, 0.717) is 18.0 Å². The van der Waals surface area contributed by atoms with Crippen molar-refractivity contribution < 1.29 is 32.2 Å². The number of hydrogen-bond donors (Lipinski definition) is 1. The number of hydrogen-bond acceptors (Lipinski definition) is 5. The molecule has 7 nitrogen and oxygen atoms in total. The lowest BCUT2D eigenvalue weighted by Crippen LogP contribution is -2.52. The maximum atomic E-state index is 13.6. The predicted molar refractivity (Wildman–Crippen MR) is 110 cm³/mol. The van der Waals surface area contributed by atoms with Crippen LogP contribution in [0.2, 0.25) is 0 Å². The molecule has 2 aromatic rings. The van der Waals surface area contributed by atoms with E-state index in [1.165, 1.54) is 14.2 Å². The molecule has 3 amide bonds. The van der Waals surface area contributed by atoms with Crippen molar-refractivity contribution in [3.63, 3.8) is 0 Å². The van der Waals surface area contributed by atoms with Crippen LogP contribution in [0.4, 0.5) is 23.7 Å². The quantitative estimate of drug-likeness (QED) is 0.726. The molecule has 32 heavy (non-hydrogen) atoms. The highest BCUT2D eigenvalue weighted by molar-refractivity contribution is 6.24. The fourth-order valence-corrected chi connectivity index (χ4v) is 4.46. The molecule has 2 saturated heterocycles. The summed E-state index contributed by atoms with van der Waals surface area (Å²) in [6.45, 7) is 0.724. The number of nitrogens with zero attached hydrogens (tertiary/aromatic N) is 2. The molecule has 170 valence electrons. The normalized spacial score (nSPS) is 23.7.